The van der Waals surface area contributed by atoms with Gasteiger partial charge in [-0.25, -0.2) is 9.78 Å². The van der Waals surface area contributed by atoms with Gasteiger partial charge in [0.05, 0.1) is 18.5 Å². The summed E-state index contributed by atoms with van der Waals surface area (Å²) in [5.41, 5.74) is 1.14. The van der Waals surface area contributed by atoms with Gasteiger partial charge in [-0.3, -0.25) is 14.0 Å². The van der Waals surface area contributed by atoms with Crippen LogP contribution in [0.3, 0.4) is 0 Å². The van der Waals surface area contributed by atoms with E-state index in [4.69, 9.17) is 26.1 Å². The molecule has 0 aliphatic carbocycles. The largest absolute Gasteiger partial charge is 0.484 e. The Morgan fingerprint density at radius 3 is 2.49 bits per heavy atom. The molecule has 0 atom stereocenters. The van der Waals surface area contributed by atoms with E-state index in [1.54, 1.807) is 60.2 Å². The molecule has 0 N–H and O–H groups in total. The van der Waals surface area contributed by atoms with Gasteiger partial charge in [-0.05, 0) is 55.0 Å². The standard InChI is InChI=1S/C29H23ClN4O5/c1-2-38-29(37)23-16-22-26(31-24-10-6-7-15-33(24)28(22)36)34(17-19-8-4-3-5-9-19)27(23)32-25(35)18-39-21-13-11-20(30)12-14-21/h3-16H,2,17-18H2,1H3. The van der Waals surface area contributed by atoms with E-state index in [0.717, 1.165) is 5.56 Å². The number of benzene rings is 2. The number of hydrogen-bond donors (Lipinski definition) is 0. The molecule has 0 spiro atoms. The molecule has 196 valence electrons. The molecule has 1 amide bonds. The summed E-state index contributed by atoms with van der Waals surface area (Å²) in [6, 6.07) is 22.5. The van der Waals surface area contributed by atoms with Crippen molar-refractivity contribution in [1.29, 1.82) is 0 Å². The monoisotopic (exact) mass is 542 g/mol. The molecule has 5 aromatic rings. The van der Waals surface area contributed by atoms with Gasteiger partial charge in [0.2, 0.25) is 0 Å². The van der Waals surface area contributed by atoms with Gasteiger partial charge in [0.1, 0.15) is 22.6 Å². The van der Waals surface area contributed by atoms with Crippen molar-refractivity contribution in [2.45, 2.75) is 13.5 Å². The second kappa shape index (κ2) is 11.3. The zero-order valence-electron chi connectivity index (χ0n) is 20.9. The van der Waals surface area contributed by atoms with Crippen molar-refractivity contribution in [3.8, 4) is 5.75 Å². The normalized spacial score (nSPS) is 11.6. The van der Waals surface area contributed by atoms with E-state index in [0.29, 0.717) is 16.4 Å². The zero-order valence-corrected chi connectivity index (χ0v) is 21.7. The molecule has 2 aromatic carbocycles. The van der Waals surface area contributed by atoms with Gasteiger partial charge in [-0.1, -0.05) is 48.0 Å². The molecule has 3 aromatic heterocycles. The molecule has 0 radical (unpaired) electrons. The first-order valence-corrected chi connectivity index (χ1v) is 12.5. The highest BCUT2D eigenvalue weighted by Crippen LogP contribution is 2.16. The molecule has 0 unspecified atom stereocenters. The Balaban J connectivity index is 1.74. The fourth-order valence-electron chi connectivity index (χ4n) is 4.10. The maximum Gasteiger partial charge on any atom is 0.341 e. The van der Waals surface area contributed by atoms with E-state index in [2.05, 4.69) is 4.99 Å². The number of esters is 1. The quantitative estimate of drug-likeness (QED) is 0.227. The Hall–Kier alpha value is -4.76. The molecular formula is C29H23ClN4O5. The average Bonchev–Trinajstić information content (AvgIpc) is 2.95. The summed E-state index contributed by atoms with van der Waals surface area (Å²) >= 11 is 5.92. The van der Waals surface area contributed by atoms with Gasteiger partial charge >= 0.3 is 5.97 Å². The maximum absolute atomic E-state index is 13.5. The third kappa shape index (κ3) is 5.58. The van der Waals surface area contributed by atoms with E-state index < -0.39 is 11.9 Å². The second-order valence-electron chi connectivity index (χ2n) is 8.51. The Labute approximate surface area is 227 Å². The van der Waals surface area contributed by atoms with Crippen LogP contribution in [0.5, 0.6) is 5.75 Å². The van der Waals surface area contributed by atoms with Crippen molar-refractivity contribution in [2.75, 3.05) is 13.2 Å². The predicted octanol–water partition coefficient (Wildman–Crippen LogP) is 4.03. The van der Waals surface area contributed by atoms with Crippen LogP contribution in [0.4, 0.5) is 0 Å². The molecule has 39 heavy (non-hydrogen) atoms. The number of nitrogens with zero attached hydrogens (tertiary/aromatic N) is 4. The van der Waals surface area contributed by atoms with Crippen molar-refractivity contribution >= 4 is 40.2 Å². The number of fused-ring (bicyclic) bond motifs is 2. The van der Waals surface area contributed by atoms with E-state index >= 15 is 0 Å². The van der Waals surface area contributed by atoms with Crippen LogP contribution < -0.4 is 15.8 Å². The van der Waals surface area contributed by atoms with E-state index in [9.17, 15) is 14.4 Å². The van der Waals surface area contributed by atoms with Crippen LogP contribution in [0.25, 0.3) is 16.7 Å². The summed E-state index contributed by atoms with van der Waals surface area (Å²) in [6.07, 6.45) is 1.60. The van der Waals surface area contributed by atoms with Gasteiger partial charge in [0, 0.05) is 11.2 Å². The third-order valence-corrected chi connectivity index (χ3v) is 6.13. The Morgan fingerprint density at radius 2 is 1.74 bits per heavy atom. The summed E-state index contributed by atoms with van der Waals surface area (Å²) in [6.45, 7) is 1.56. The SMILES string of the molecule is CCOC(=O)c1cc2c(=O)n3ccccc3nc2n(Cc2ccccc2)c1=NC(=O)COc1ccc(Cl)cc1. The number of carbonyl (C=O) groups is 2. The average molecular weight is 543 g/mol. The number of aromatic nitrogens is 3. The molecular weight excluding hydrogens is 520 g/mol. The van der Waals surface area contributed by atoms with Crippen LogP contribution in [0.1, 0.15) is 22.8 Å². The highest BCUT2D eigenvalue weighted by atomic mass is 35.5. The number of hydrogen-bond acceptors (Lipinski definition) is 6. The Morgan fingerprint density at radius 1 is 1.00 bits per heavy atom. The summed E-state index contributed by atoms with van der Waals surface area (Å²) in [4.78, 5) is 48.6. The molecule has 0 aliphatic rings. The van der Waals surface area contributed by atoms with Crippen LogP contribution in [0.15, 0.2) is 94.8 Å². The van der Waals surface area contributed by atoms with Crippen LogP contribution in [0, 0.1) is 0 Å². The number of pyridine rings is 2. The second-order valence-corrected chi connectivity index (χ2v) is 8.94. The molecule has 3 heterocycles. The first-order valence-electron chi connectivity index (χ1n) is 12.2. The van der Waals surface area contributed by atoms with Gasteiger partial charge in [-0.15, -0.1) is 0 Å². The van der Waals surface area contributed by atoms with Crippen molar-refractivity contribution in [1.82, 2.24) is 14.0 Å². The lowest BCUT2D eigenvalue weighted by Gasteiger charge is -2.15. The van der Waals surface area contributed by atoms with Gasteiger partial charge in [0.25, 0.3) is 11.5 Å². The molecule has 0 saturated heterocycles. The highest BCUT2D eigenvalue weighted by molar-refractivity contribution is 6.30. The van der Waals surface area contributed by atoms with Crippen molar-refractivity contribution in [3.63, 3.8) is 0 Å². The predicted molar refractivity (Wildman–Crippen MR) is 146 cm³/mol. The first kappa shape index (κ1) is 25.9. The molecule has 9 nitrogen and oxygen atoms in total. The van der Waals surface area contributed by atoms with Crippen LogP contribution >= 0.6 is 11.6 Å². The van der Waals surface area contributed by atoms with E-state index in [-0.39, 0.29) is 47.4 Å². The minimum absolute atomic E-state index is 0.0155. The summed E-state index contributed by atoms with van der Waals surface area (Å²) < 4.78 is 13.8. The molecule has 0 aliphatic heterocycles. The molecule has 10 heteroatoms. The van der Waals surface area contributed by atoms with Gasteiger partial charge in [0.15, 0.2) is 12.1 Å². The highest BCUT2D eigenvalue weighted by Gasteiger charge is 2.20. The topological polar surface area (TPSA) is 104 Å². The van der Waals surface area contributed by atoms with Crippen molar-refractivity contribution < 1.29 is 19.1 Å². The van der Waals surface area contributed by atoms with E-state index in [1.165, 1.54) is 10.5 Å². The lowest BCUT2D eigenvalue weighted by atomic mass is 10.1. The molecule has 0 saturated carbocycles. The van der Waals surface area contributed by atoms with Gasteiger partial charge in [-0.2, -0.15) is 4.99 Å². The third-order valence-electron chi connectivity index (χ3n) is 5.88. The van der Waals surface area contributed by atoms with Crippen LogP contribution in [-0.2, 0) is 16.1 Å². The number of amides is 1. The zero-order chi connectivity index (χ0) is 27.4. The number of rotatable bonds is 7. The molecule has 0 fully saturated rings. The number of ether oxygens (including phenoxy) is 2. The fourth-order valence-corrected chi connectivity index (χ4v) is 4.23. The van der Waals surface area contributed by atoms with Crippen molar-refractivity contribution in [3.05, 3.63) is 117 Å². The van der Waals surface area contributed by atoms with Gasteiger partial charge < -0.3 is 14.0 Å². The smallest absolute Gasteiger partial charge is 0.341 e. The molecule has 5 rings (SSSR count). The maximum atomic E-state index is 13.5. The first-order chi connectivity index (χ1) is 18.9. The van der Waals surface area contributed by atoms with E-state index in [1.807, 2.05) is 30.3 Å². The number of carbonyl (C=O) groups excluding carboxylic acids is 2. The fraction of sp³-hybridized carbons (Fsp3) is 0.138. The molecule has 0 bridgehead atoms. The van der Waals surface area contributed by atoms with Crippen molar-refractivity contribution in [2.24, 2.45) is 4.99 Å². The minimum atomic E-state index is -0.719. The summed E-state index contributed by atoms with van der Waals surface area (Å²) in [7, 11) is 0. The Bertz CT molecular complexity index is 1810. The summed E-state index contributed by atoms with van der Waals surface area (Å²) in [5, 5.41) is 0.716. The lowest BCUT2D eigenvalue weighted by Crippen LogP contribution is -2.33. The summed E-state index contributed by atoms with van der Waals surface area (Å²) in [5.74, 6) is -0.927. The lowest BCUT2D eigenvalue weighted by molar-refractivity contribution is -0.120. The van der Waals surface area contributed by atoms with Crippen LogP contribution in [0.2, 0.25) is 5.02 Å². The Kier molecular flexibility index (Phi) is 7.51. The minimum Gasteiger partial charge on any atom is -0.484 e. The number of halogens is 1. The van der Waals surface area contributed by atoms with Crippen LogP contribution in [-0.4, -0.2) is 39.0 Å².